The average molecular weight is 369 g/mol. The Morgan fingerprint density at radius 1 is 1.04 bits per heavy atom. The smallest absolute Gasteiger partial charge is 0.253 e. The summed E-state index contributed by atoms with van der Waals surface area (Å²) >= 11 is 0. The van der Waals surface area contributed by atoms with Crippen molar-refractivity contribution >= 4 is 29.9 Å². The maximum absolute atomic E-state index is 12.6. The molecule has 2 rings (SSSR count). The fraction of sp³-hybridized carbons (Fsp3) is 0.556. The van der Waals surface area contributed by atoms with Gasteiger partial charge in [0.15, 0.2) is 0 Å². The molecule has 1 aromatic carbocycles. The van der Waals surface area contributed by atoms with Gasteiger partial charge in [0.25, 0.3) is 5.91 Å². The third-order valence-electron chi connectivity index (χ3n) is 4.51. The number of benzene rings is 1. The van der Waals surface area contributed by atoms with E-state index in [1.165, 1.54) is 0 Å². The van der Waals surface area contributed by atoms with Crippen LogP contribution in [0.5, 0.6) is 0 Å². The third kappa shape index (κ3) is 5.90. The summed E-state index contributed by atoms with van der Waals surface area (Å²) in [4.78, 5) is 30.7. The second kappa shape index (κ2) is 10.3. The number of amides is 2. The summed E-state index contributed by atoms with van der Waals surface area (Å²) < 4.78 is 0. The van der Waals surface area contributed by atoms with Crippen molar-refractivity contribution in [1.29, 1.82) is 0 Å². The van der Waals surface area contributed by atoms with Crippen LogP contribution in [0, 0.1) is 0 Å². The van der Waals surface area contributed by atoms with Crippen molar-refractivity contribution in [3.05, 3.63) is 29.8 Å². The molecule has 2 amide bonds. The molecule has 2 N–H and O–H groups in total. The number of nitrogens with two attached hydrogens (primary N) is 1. The van der Waals surface area contributed by atoms with E-state index in [4.69, 9.17) is 5.73 Å². The van der Waals surface area contributed by atoms with E-state index >= 15 is 0 Å². The summed E-state index contributed by atoms with van der Waals surface area (Å²) in [6.45, 7) is 8.86. The van der Waals surface area contributed by atoms with Gasteiger partial charge in [-0.05, 0) is 44.5 Å². The minimum Gasteiger partial charge on any atom is -0.399 e. The molecule has 0 unspecified atom stereocenters. The minimum atomic E-state index is 0. The van der Waals surface area contributed by atoms with Crippen LogP contribution < -0.4 is 5.73 Å². The number of hydrogen-bond acceptors (Lipinski definition) is 4. The SMILES string of the molecule is CCN(CC)C(=O)CN1CCCN(C(=O)c2ccc(N)cc2)CC1.Cl. The summed E-state index contributed by atoms with van der Waals surface area (Å²) in [6.07, 6.45) is 0.881. The topological polar surface area (TPSA) is 69.9 Å². The van der Waals surface area contributed by atoms with Gasteiger partial charge in [-0.2, -0.15) is 0 Å². The maximum atomic E-state index is 12.6. The van der Waals surface area contributed by atoms with Crippen molar-refractivity contribution in [3.63, 3.8) is 0 Å². The molecule has 140 valence electrons. The lowest BCUT2D eigenvalue weighted by Crippen LogP contribution is -2.42. The first kappa shape index (κ1) is 21.3. The number of hydrogen-bond donors (Lipinski definition) is 1. The van der Waals surface area contributed by atoms with Crippen LogP contribution >= 0.6 is 12.4 Å². The lowest BCUT2D eigenvalue weighted by Gasteiger charge is -2.25. The van der Waals surface area contributed by atoms with E-state index < -0.39 is 0 Å². The zero-order valence-corrected chi connectivity index (χ0v) is 15.9. The molecule has 0 saturated carbocycles. The van der Waals surface area contributed by atoms with Gasteiger partial charge in [0.2, 0.25) is 5.91 Å². The highest BCUT2D eigenvalue weighted by molar-refractivity contribution is 5.94. The first-order valence-corrected chi connectivity index (χ1v) is 8.70. The summed E-state index contributed by atoms with van der Waals surface area (Å²) in [6, 6.07) is 7.04. The van der Waals surface area contributed by atoms with Crippen molar-refractivity contribution < 1.29 is 9.59 Å². The van der Waals surface area contributed by atoms with Gasteiger partial charge in [-0.15, -0.1) is 12.4 Å². The number of likely N-dealkylation sites (N-methyl/N-ethyl adjacent to an activating group) is 1. The molecule has 7 heteroatoms. The average Bonchev–Trinajstić information content (AvgIpc) is 2.81. The molecule has 6 nitrogen and oxygen atoms in total. The molecule has 25 heavy (non-hydrogen) atoms. The van der Waals surface area contributed by atoms with Crippen LogP contribution in [0.1, 0.15) is 30.6 Å². The van der Waals surface area contributed by atoms with Crippen LogP contribution in [0.2, 0.25) is 0 Å². The predicted molar refractivity (Wildman–Crippen MR) is 103 cm³/mol. The minimum absolute atomic E-state index is 0. The van der Waals surface area contributed by atoms with E-state index in [0.29, 0.717) is 24.3 Å². The van der Waals surface area contributed by atoms with Gasteiger partial charge in [0, 0.05) is 50.5 Å². The van der Waals surface area contributed by atoms with Crippen molar-refractivity contribution in [2.24, 2.45) is 0 Å². The van der Waals surface area contributed by atoms with E-state index in [0.717, 1.165) is 39.1 Å². The van der Waals surface area contributed by atoms with Crippen LogP contribution in [-0.2, 0) is 4.79 Å². The third-order valence-corrected chi connectivity index (χ3v) is 4.51. The first-order chi connectivity index (χ1) is 11.5. The quantitative estimate of drug-likeness (QED) is 0.803. The lowest BCUT2D eigenvalue weighted by atomic mass is 10.2. The molecule has 0 aromatic heterocycles. The van der Waals surface area contributed by atoms with Crippen LogP contribution in [0.3, 0.4) is 0 Å². The Kier molecular flexibility index (Phi) is 8.72. The number of anilines is 1. The van der Waals surface area contributed by atoms with Gasteiger partial charge < -0.3 is 15.5 Å². The second-order valence-electron chi connectivity index (χ2n) is 6.11. The second-order valence-corrected chi connectivity index (χ2v) is 6.11. The lowest BCUT2D eigenvalue weighted by molar-refractivity contribution is -0.132. The molecule has 1 aromatic rings. The molecule has 1 aliphatic rings. The van der Waals surface area contributed by atoms with Crippen LogP contribution in [0.4, 0.5) is 5.69 Å². The molecule has 1 aliphatic heterocycles. The molecule has 0 atom stereocenters. The molecular weight excluding hydrogens is 340 g/mol. The van der Waals surface area contributed by atoms with Crippen molar-refractivity contribution in [3.8, 4) is 0 Å². The van der Waals surface area contributed by atoms with Crippen LogP contribution in [-0.4, -0.2) is 72.3 Å². The zero-order valence-electron chi connectivity index (χ0n) is 15.1. The van der Waals surface area contributed by atoms with Gasteiger partial charge in [-0.25, -0.2) is 0 Å². The monoisotopic (exact) mass is 368 g/mol. The van der Waals surface area contributed by atoms with Crippen LogP contribution in [0.25, 0.3) is 0 Å². The van der Waals surface area contributed by atoms with E-state index in [9.17, 15) is 9.59 Å². The number of nitrogens with zero attached hydrogens (tertiary/aromatic N) is 3. The summed E-state index contributed by atoms with van der Waals surface area (Å²) in [7, 11) is 0. The van der Waals surface area contributed by atoms with Crippen molar-refractivity contribution in [2.45, 2.75) is 20.3 Å². The maximum Gasteiger partial charge on any atom is 0.253 e. The molecular formula is C18H29ClN4O2. The summed E-state index contributed by atoms with van der Waals surface area (Å²) in [5.74, 6) is 0.199. The molecule has 0 aliphatic carbocycles. The summed E-state index contributed by atoms with van der Waals surface area (Å²) in [5, 5.41) is 0. The largest absolute Gasteiger partial charge is 0.399 e. The highest BCUT2D eigenvalue weighted by Crippen LogP contribution is 2.11. The van der Waals surface area contributed by atoms with Gasteiger partial charge in [0.1, 0.15) is 0 Å². The van der Waals surface area contributed by atoms with E-state index in [1.807, 2.05) is 23.6 Å². The van der Waals surface area contributed by atoms with Crippen LogP contribution in [0.15, 0.2) is 24.3 Å². The molecule has 0 bridgehead atoms. The van der Waals surface area contributed by atoms with Crippen molar-refractivity contribution in [2.75, 3.05) is 51.5 Å². The number of nitrogen functional groups attached to an aromatic ring is 1. The molecule has 0 spiro atoms. The van der Waals surface area contributed by atoms with E-state index in [-0.39, 0.29) is 24.2 Å². The normalized spacial score (nSPS) is 15.2. The highest BCUT2D eigenvalue weighted by Gasteiger charge is 2.22. The predicted octanol–water partition coefficient (Wildman–Crippen LogP) is 1.71. The van der Waals surface area contributed by atoms with Gasteiger partial charge >= 0.3 is 0 Å². The Bertz CT molecular complexity index is 561. The summed E-state index contributed by atoms with van der Waals surface area (Å²) in [5.41, 5.74) is 6.99. The highest BCUT2D eigenvalue weighted by atomic mass is 35.5. The number of carbonyl (C=O) groups is 2. The van der Waals surface area contributed by atoms with Gasteiger partial charge in [-0.1, -0.05) is 0 Å². The first-order valence-electron chi connectivity index (χ1n) is 8.70. The fourth-order valence-corrected chi connectivity index (χ4v) is 3.01. The number of carbonyl (C=O) groups excluding carboxylic acids is 2. The molecule has 1 fully saturated rings. The Balaban J connectivity index is 0.00000312. The Morgan fingerprint density at radius 2 is 1.68 bits per heavy atom. The Morgan fingerprint density at radius 3 is 2.28 bits per heavy atom. The van der Waals surface area contributed by atoms with Gasteiger partial charge in [0.05, 0.1) is 6.54 Å². The zero-order chi connectivity index (χ0) is 17.5. The van der Waals surface area contributed by atoms with E-state index in [2.05, 4.69) is 4.90 Å². The number of halogens is 1. The van der Waals surface area contributed by atoms with Crippen molar-refractivity contribution in [1.82, 2.24) is 14.7 Å². The Hall–Kier alpha value is -1.79. The number of rotatable bonds is 5. The molecule has 1 saturated heterocycles. The molecule has 0 radical (unpaired) electrons. The standard InChI is InChI=1S/C18H28N4O2.ClH/c1-3-21(4-2)17(23)14-20-10-5-11-22(13-12-20)18(24)15-6-8-16(19)9-7-15;/h6-9H,3-5,10-14,19H2,1-2H3;1H. The van der Waals surface area contributed by atoms with Gasteiger partial charge in [-0.3, -0.25) is 14.5 Å². The molecule has 1 heterocycles. The fourth-order valence-electron chi connectivity index (χ4n) is 3.01. The Labute approximate surface area is 156 Å². The van der Waals surface area contributed by atoms with E-state index in [1.54, 1.807) is 24.3 Å².